The summed E-state index contributed by atoms with van der Waals surface area (Å²) in [4.78, 5) is 23.0. The van der Waals surface area contributed by atoms with Crippen molar-refractivity contribution in [1.29, 1.82) is 0 Å². The van der Waals surface area contributed by atoms with Gasteiger partial charge in [-0.15, -0.1) is 0 Å². The SMILES string of the molecule is CC(C)C(O)CNC(=O)CC1(CC(=O)O)CCCCC1. The van der Waals surface area contributed by atoms with E-state index < -0.39 is 17.5 Å². The highest BCUT2D eigenvalue weighted by Crippen LogP contribution is 2.42. The van der Waals surface area contributed by atoms with E-state index in [2.05, 4.69) is 5.32 Å². The van der Waals surface area contributed by atoms with Gasteiger partial charge in [-0.1, -0.05) is 33.1 Å². The highest BCUT2D eigenvalue weighted by molar-refractivity contribution is 5.78. The number of nitrogens with one attached hydrogen (secondary N) is 1. The fourth-order valence-corrected chi connectivity index (χ4v) is 2.90. The number of aliphatic hydroxyl groups excluding tert-OH is 1. The van der Waals surface area contributed by atoms with Gasteiger partial charge in [0.05, 0.1) is 12.5 Å². The van der Waals surface area contributed by atoms with Crippen LogP contribution in [0.2, 0.25) is 0 Å². The molecule has 0 spiro atoms. The molecule has 0 aliphatic heterocycles. The maximum absolute atomic E-state index is 12.0. The number of hydrogen-bond acceptors (Lipinski definition) is 3. The second kappa shape index (κ2) is 7.62. The van der Waals surface area contributed by atoms with Crippen LogP contribution in [0.3, 0.4) is 0 Å². The van der Waals surface area contributed by atoms with Crippen molar-refractivity contribution in [2.75, 3.05) is 6.54 Å². The Bertz CT molecular complexity index is 335. The molecule has 0 aromatic heterocycles. The standard InChI is InChI=1S/C15H27NO4/c1-11(2)12(17)10-16-13(18)8-15(9-14(19)20)6-4-3-5-7-15/h11-12,17H,3-10H2,1-2H3,(H,16,18)(H,19,20). The lowest BCUT2D eigenvalue weighted by molar-refractivity contribution is -0.141. The second-order valence-corrected chi connectivity index (χ2v) is 6.42. The molecule has 20 heavy (non-hydrogen) atoms. The number of aliphatic hydroxyl groups is 1. The monoisotopic (exact) mass is 285 g/mol. The molecule has 0 heterocycles. The van der Waals surface area contributed by atoms with Crippen LogP contribution in [0.25, 0.3) is 0 Å². The van der Waals surface area contributed by atoms with Crippen molar-refractivity contribution in [2.45, 2.75) is 64.9 Å². The van der Waals surface area contributed by atoms with Gasteiger partial charge in [0.25, 0.3) is 0 Å². The summed E-state index contributed by atoms with van der Waals surface area (Å²) in [5.41, 5.74) is -0.392. The fourth-order valence-electron chi connectivity index (χ4n) is 2.90. The Labute approximate surface area is 120 Å². The molecule has 116 valence electrons. The summed E-state index contributed by atoms with van der Waals surface area (Å²) in [6.45, 7) is 4.02. The van der Waals surface area contributed by atoms with Gasteiger partial charge >= 0.3 is 5.97 Å². The molecule has 1 aliphatic carbocycles. The van der Waals surface area contributed by atoms with E-state index in [9.17, 15) is 14.7 Å². The van der Waals surface area contributed by atoms with Gasteiger partial charge in [0.1, 0.15) is 0 Å². The molecule has 0 aromatic carbocycles. The third-order valence-electron chi connectivity index (χ3n) is 4.25. The van der Waals surface area contributed by atoms with Crippen LogP contribution < -0.4 is 5.32 Å². The van der Waals surface area contributed by atoms with Gasteiger partial charge in [-0.2, -0.15) is 0 Å². The van der Waals surface area contributed by atoms with Gasteiger partial charge in [-0.25, -0.2) is 0 Å². The average Bonchev–Trinajstić information content (AvgIpc) is 2.35. The molecule has 1 rings (SSSR count). The van der Waals surface area contributed by atoms with Crippen LogP contribution in [-0.4, -0.2) is 34.7 Å². The van der Waals surface area contributed by atoms with Crippen molar-refractivity contribution >= 4 is 11.9 Å². The molecule has 1 atom stereocenters. The summed E-state index contributed by atoms with van der Waals surface area (Å²) in [5.74, 6) is -0.882. The van der Waals surface area contributed by atoms with E-state index in [0.717, 1.165) is 32.1 Å². The number of carbonyl (C=O) groups excluding carboxylic acids is 1. The third-order valence-corrected chi connectivity index (χ3v) is 4.25. The molecular formula is C15H27NO4. The van der Waals surface area contributed by atoms with Crippen molar-refractivity contribution in [3.63, 3.8) is 0 Å². The zero-order valence-electron chi connectivity index (χ0n) is 12.5. The van der Waals surface area contributed by atoms with Crippen LogP contribution in [0.1, 0.15) is 58.8 Å². The van der Waals surface area contributed by atoms with Crippen molar-refractivity contribution in [2.24, 2.45) is 11.3 Å². The summed E-state index contributed by atoms with van der Waals surface area (Å²) in [7, 11) is 0. The molecule has 0 bridgehead atoms. The van der Waals surface area contributed by atoms with Gasteiger partial charge in [-0.3, -0.25) is 9.59 Å². The Morgan fingerprint density at radius 3 is 2.25 bits per heavy atom. The lowest BCUT2D eigenvalue weighted by atomic mass is 9.69. The van der Waals surface area contributed by atoms with E-state index in [1.165, 1.54) is 0 Å². The Morgan fingerprint density at radius 2 is 1.75 bits per heavy atom. The number of hydrogen-bond donors (Lipinski definition) is 3. The Balaban J connectivity index is 2.52. The van der Waals surface area contributed by atoms with E-state index in [1.54, 1.807) is 0 Å². The smallest absolute Gasteiger partial charge is 0.303 e. The molecule has 1 fully saturated rings. The van der Waals surface area contributed by atoms with Gasteiger partial charge in [0.15, 0.2) is 0 Å². The molecule has 1 amide bonds. The highest BCUT2D eigenvalue weighted by Gasteiger charge is 2.36. The van der Waals surface area contributed by atoms with Crippen LogP contribution in [0.15, 0.2) is 0 Å². The summed E-state index contributed by atoms with van der Waals surface area (Å²) in [6, 6.07) is 0. The van der Waals surface area contributed by atoms with Crippen molar-refractivity contribution in [3.8, 4) is 0 Å². The lowest BCUT2D eigenvalue weighted by Crippen LogP contribution is -2.39. The number of amides is 1. The van der Waals surface area contributed by atoms with Gasteiger partial charge in [-0.05, 0) is 24.2 Å². The molecule has 3 N–H and O–H groups in total. The number of carboxylic acids is 1. The van der Waals surface area contributed by atoms with Crippen LogP contribution in [-0.2, 0) is 9.59 Å². The molecule has 0 saturated heterocycles. The Morgan fingerprint density at radius 1 is 1.15 bits per heavy atom. The van der Waals surface area contributed by atoms with Gasteiger partial charge < -0.3 is 15.5 Å². The number of carboxylic acid groups (broad SMARTS) is 1. The normalized spacial score (nSPS) is 19.6. The van der Waals surface area contributed by atoms with Gasteiger partial charge in [0, 0.05) is 13.0 Å². The van der Waals surface area contributed by atoms with Crippen LogP contribution in [0.5, 0.6) is 0 Å². The Hall–Kier alpha value is -1.10. The predicted octanol–water partition coefficient (Wildman–Crippen LogP) is 1.93. The molecular weight excluding hydrogens is 258 g/mol. The molecule has 1 aliphatic rings. The molecule has 0 radical (unpaired) electrons. The minimum atomic E-state index is -0.832. The third kappa shape index (κ3) is 5.49. The number of aliphatic carboxylic acids is 1. The van der Waals surface area contributed by atoms with Crippen LogP contribution in [0, 0.1) is 11.3 Å². The van der Waals surface area contributed by atoms with Crippen molar-refractivity contribution in [3.05, 3.63) is 0 Å². The number of rotatable bonds is 7. The van der Waals surface area contributed by atoms with E-state index in [0.29, 0.717) is 0 Å². The summed E-state index contributed by atoms with van der Waals surface area (Å²) in [5, 5.41) is 21.5. The first-order valence-corrected chi connectivity index (χ1v) is 7.51. The predicted molar refractivity (Wildman–Crippen MR) is 76.2 cm³/mol. The molecule has 1 unspecified atom stereocenters. The summed E-state index contributed by atoms with van der Waals surface area (Å²) < 4.78 is 0. The van der Waals surface area contributed by atoms with Crippen molar-refractivity contribution in [1.82, 2.24) is 5.32 Å². The number of carbonyl (C=O) groups is 2. The quantitative estimate of drug-likeness (QED) is 0.667. The first-order chi connectivity index (χ1) is 9.34. The van der Waals surface area contributed by atoms with Gasteiger partial charge in [0.2, 0.25) is 5.91 Å². The maximum atomic E-state index is 12.0. The lowest BCUT2D eigenvalue weighted by Gasteiger charge is -2.35. The topological polar surface area (TPSA) is 86.6 Å². The molecule has 5 heteroatoms. The first kappa shape index (κ1) is 17.0. The van der Waals surface area contributed by atoms with E-state index >= 15 is 0 Å². The fraction of sp³-hybridized carbons (Fsp3) is 0.867. The molecule has 0 aromatic rings. The second-order valence-electron chi connectivity index (χ2n) is 6.42. The minimum absolute atomic E-state index is 0.0627. The zero-order valence-corrected chi connectivity index (χ0v) is 12.5. The zero-order chi connectivity index (χ0) is 15.2. The average molecular weight is 285 g/mol. The first-order valence-electron chi connectivity index (χ1n) is 7.51. The Kier molecular flexibility index (Phi) is 6.46. The van der Waals surface area contributed by atoms with Crippen molar-refractivity contribution < 1.29 is 19.8 Å². The van der Waals surface area contributed by atoms with Crippen LogP contribution >= 0.6 is 0 Å². The minimum Gasteiger partial charge on any atom is -0.481 e. The van der Waals surface area contributed by atoms with Crippen LogP contribution in [0.4, 0.5) is 0 Å². The summed E-state index contributed by atoms with van der Waals surface area (Å²) in [6.07, 6.45) is 4.48. The molecule has 1 saturated carbocycles. The highest BCUT2D eigenvalue weighted by atomic mass is 16.4. The molecule has 5 nitrogen and oxygen atoms in total. The van der Waals surface area contributed by atoms with E-state index in [4.69, 9.17) is 5.11 Å². The largest absolute Gasteiger partial charge is 0.481 e. The van der Waals surface area contributed by atoms with E-state index in [-0.39, 0.29) is 31.2 Å². The van der Waals surface area contributed by atoms with E-state index in [1.807, 2.05) is 13.8 Å². The maximum Gasteiger partial charge on any atom is 0.303 e. The summed E-state index contributed by atoms with van der Waals surface area (Å²) >= 11 is 0.